The summed E-state index contributed by atoms with van der Waals surface area (Å²) in [4.78, 5) is 6.60. The Morgan fingerprint density at radius 2 is 2.05 bits per heavy atom. The second kappa shape index (κ2) is 6.25. The van der Waals surface area contributed by atoms with Crippen molar-refractivity contribution < 1.29 is 4.74 Å². The maximum Gasteiger partial charge on any atom is 0.120 e. The van der Waals surface area contributed by atoms with E-state index in [0.717, 1.165) is 23.6 Å². The molecule has 1 unspecified atom stereocenters. The van der Waals surface area contributed by atoms with Crippen molar-refractivity contribution in [3.63, 3.8) is 0 Å². The van der Waals surface area contributed by atoms with E-state index < -0.39 is 0 Å². The van der Waals surface area contributed by atoms with Crippen molar-refractivity contribution in [2.24, 2.45) is 16.5 Å². The number of aliphatic imine (C=N–C) groups is 1. The van der Waals surface area contributed by atoms with Crippen LogP contribution in [0, 0.1) is 0 Å². The second-order valence-corrected chi connectivity index (χ2v) is 4.64. The molecule has 20 heavy (non-hydrogen) atoms. The quantitative estimate of drug-likeness (QED) is 0.872. The lowest BCUT2D eigenvalue weighted by Gasteiger charge is -2.26. The van der Waals surface area contributed by atoms with Crippen LogP contribution in [-0.2, 0) is 0 Å². The zero-order chi connectivity index (χ0) is 14.5. The molecule has 5 nitrogen and oxygen atoms in total. The van der Waals surface area contributed by atoms with Crippen LogP contribution in [0.15, 0.2) is 53.4 Å². The third kappa shape index (κ3) is 3.00. The molecule has 0 aliphatic carbocycles. The molecule has 0 aromatic heterocycles. The minimum Gasteiger partial charge on any atom is -0.497 e. The minimum atomic E-state index is 0.0120. The van der Waals surface area contributed by atoms with E-state index in [9.17, 15) is 0 Å². The lowest BCUT2D eigenvalue weighted by Crippen LogP contribution is -2.29. The van der Waals surface area contributed by atoms with Crippen molar-refractivity contribution in [3.05, 3.63) is 54.0 Å². The molecule has 0 saturated heterocycles. The number of hydrogen-bond donors (Lipinski definition) is 2. The molecule has 0 saturated carbocycles. The van der Waals surface area contributed by atoms with Crippen molar-refractivity contribution >= 4 is 5.71 Å². The van der Waals surface area contributed by atoms with E-state index in [0.29, 0.717) is 5.82 Å². The molecule has 0 bridgehead atoms. The van der Waals surface area contributed by atoms with Crippen LogP contribution in [-0.4, -0.2) is 31.3 Å². The standard InChI is InChI=1S/C15H20N4O/c1-19-10-8-14(17)18-13(7-9-16)15(19)11-3-5-12(20-2)6-4-11/h3-9,15H,10,16-17H2,1-2H3/b9-7-. The van der Waals surface area contributed by atoms with Gasteiger partial charge in [0.25, 0.3) is 0 Å². The zero-order valence-corrected chi connectivity index (χ0v) is 11.8. The summed E-state index contributed by atoms with van der Waals surface area (Å²) in [6.07, 6.45) is 5.17. The molecule has 0 fully saturated rings. The van der Waals surface area contributed by atoms with Crippen molar-refractivity contribution in [1.82, 2.24) is 4.90 Å². The predicted octanol–water partition coefficient (Wildman–Crippen LogP) is 1.40. The summed E-state index contributed by atoms with van der Waals surface area (Å²) in [5.41, 5.74) is 13.3. The SMILES string of the molecule is COc1ccc(C2C(/C=C\N)=NC(N)=CCN2C)cc1. The molecule has 1 aliphatic rings. The van der Waals surface area contributed by atoms with Crippen LogP contribution in [0.3, 0.4) is 0 Å². The van der Waals surface area contributed by atoms with Gasteiger partial charge in [0, 0.05) is 6.54 Å². The van der Waals surface area contributed by atoms with Gasteiger partial charge in [-0.1, -0.05) is 12.1 Å². The van der Waals surface area contributed by atoms with Gasteiger partial charge < -0.3 is 16.2 Å². The number of rotatable bonds is 3. The third-order valence-electron chi connectivity index (χ3n) is 3.27. The van der Waals surface area contributed by atoms with E-state index in [-0.39, 0.29) is 6.04 Å². The highest BCUT2D eigenvalue weighted by Gasteiger charge is 2.23. The molecule has 0 amide bonds. The van der Waals surface area contributed by atoms with Gasteiger partial charge >= 0.3 is 0 Å². The maximum absolute atomic E-state index is 5.86. The highest BCUT2D eigenvalue weighted by Crippen LogP contribution is 2.26. The minimum absolute atomic E-state index is 0.0120. The summed E-state index contributed by atoms with van der Waals surface area (Å²) in [5.74, 6) is 1.34. The van der Waals surface area contributed by atoms with Crippen molar-refractivity contribution in [2.45, 2.75) is 6.04 Å². The number of likely N-dealkylation sites (N-methyl/N-ethyl adjacent to an activating group) is 1. The van der Waals surface area contributed by atoms with Gasteiger partial charge in [-0.2, -0.15) is 0 Å². The van der Waals surface area contributed by atoms with Crippen LogP contribution in [0.5, 0.6) is 5.75 Å². The number of ether oxygens (including phenoxy) is 1. The summed E-state index contributed by atoms with van der Waals surface area (Å²) in [6.45, 7) is 0.730. The molecule has 1 atom stereocenters. The summed E-state index contributed by atoms with van der Waals surface area (Å²) in [7, 11) is 3.69. The smallest absolute Gasteiger partial charge is 0.120 e. The largest absolute Gasteiger partial charge is 0.497 e. The van der Waals surface area contributed by atoms with E-state index in [2.05, 4.69) is 9.89 Å². The maximum atomic E-state index is 5.86. The molecule has 2 rings (SSSR count). The highest BCUT2D eigenvalue weighted by atomic mass is 16.5. The van der Waals surface area contributed by atoms with E-state index in [1.807, 2.05) is 37.4 Å². The Kier molecular flexibility index (Phi) is 4.42. The number of nitrogens with two attached hydrogens (primary N) is 2. The first-order chi connectivity index (χ1) is 9.65. The van der Waals surface area contributed by atoms with Gasteiger partial charge in [0.2, 0.25) is 0 Å². The lowest BCUT2D eigenvalue weighted by atomic mass is 10.0. The molecule has 1 heterocycles. The Bertz CT molecular complexity index is 545. The average molecular weight is 272 g/mol. The molecular formula is C15H20N4O. The van der Waals surface area contributed by atoms with E-state index >= 15 is 0 Å². The molecule has 0 spiro atoms. The molecule has 4 N–H and O–H groups in total. The number of methoxy groups -OCH3 is 1. The molecular weight excluding hydrogens is 252 g/mol. The van der Waals surface area contributed by atoms with Crippen LogP contribution >= 0.6 is 0 Å². The zero-order valence-electron chi connectivity index (χ0n) is 11.8. The summed E-state index contributed by atoms with van der Waals surface area (Å²) >= 11 is 0. The van der Waals surface area contributed by atoms with Gasteiger partial charge in [0.1, 0.15) is 11.6 Å². The van der Waals surface area contributed by atoms with Crippen LogP contribution < -0.4 is 16.2 Å². The average Bonchev–Trinajstić information content (AvgIpc) is 2.59. The number of nitrogens with zero attached hydrogens (tertiary/aromatic N) is 2. The molecule has 106 valence electrons. The summed E-state index contributed by atoms with van der Waals surface area (Å²) < 4.78 is 5.19. The molecule has 1 aromatic rings. The normalized spacial score (nSPS) is 20.4. The van der Waals surface area contributed by atoms with Crippen LogP contribution in [0.25, 0.3) is 0 Å². The number of hydrogen-bond acceptors (Lipinski definition) is 5. The van der Waals surface area contributed by atoms with Gasteiger partial charge in [-0.05, 0) is 43.1 Å². The Labute approximate surface area is 119 Å². The molecule has 0 radical (unpaired) electrons. The lowest BCUT2D eigenvalue weighted by molar-refractivity contribution is 0.336. The predicted molar refractivity (Wildman–Crippen MR) is 81.4 cm³/mol. The van der Waals surface area contributed by atoms with E-state index in [4.69, 9.17) is 16.2 Å². The Hall–Kier alpha value is -2.27. The second-order valence-electron chi connectivity index (χ2n) is 4.64. The van der Waals surface area contributed by atoms with Gasteiger partial charge in [0.05, 0.1) is 18.9 Å². The van der Waals surface area contributed by atoms with Gasteiger partial charge in [-0.3, -0.25) is 4.90 Å². The Morgan fingerprint density at radius 1 is 1.35 bits per heavy atom. The molecule has 1 aliphatic heterocycles. The fourth-order valence-electron chi connectivity index (χ4n) is 2.26. The van der Waals surface area contributed by atoms with E-state index in [1.54, 1.807) is 13.2 Å². The summed E-state index contributed by atoms with van der Waals surface area (Å²) in [5, 5.41) is 0. The highest BCUT2D eigenvalue weighted by molar-refractivity contribution is 6.00. The van der Waals surface area contributed by atoms with Gasteiger partial charge in [0.15, 0.2) is 0 Å². The van der Waals surface area contributed by atoms with E-state index in [1.165, 1.54) is 6.20 Å². The summed E-state index contributed by atoms with van der Waals surface area (Å²) in [6, 6.07) is 7.95. The first-order valence-electron chi connectivity index (χ1n) is 6.42. The van der Waals surface area contributed by atoms with Crippen molar-refractivity contribution in [2.75, 3.05) is 20.7 Å². The fourth-order valence-corrected chi connectivity index (χ4v) is 2.26. The van der Waals surface area contributed by atoms with Crippen LogP contribution in [0.2, 0.25) is 0 Å². The van der Waals surface area contributed by atoms with Gasteiger partial charge in [-0.15, -0.1) is 0 Å². The van der Waals surface area contributed by atoms with Crippen LogP contribution in [0.1, 0.15) is 11.6 Å². The number of benzene rings is 1. The first-order valence-corrected chi connectivity index (χ1v) is 6.42. The topological polar surface area (TPSA) is 76.9 Å². The fraction of sp³-hybridized carbons (Fsp3) is 0.267. The first kappa shape index (κ1) is 14.1. The molecule has 5 heteroatoms. The molecule has 1 aromatic carbocycles. The monoisotopic (exact) mass is 272 g/mol. The van der Waals surface area contributed by atoms with Crippen molar-refractivity contribution in [3.8, 4) is 5.75 Å². The third-order valence-corrected chi connectivity index (χ3v) is 3.27. The Balaban J connectivity index is 2.41. The Morgan fingerprint density at radius 3 is 2.65 bits per heavy atom. The van der Waals surface area contributed by atoms with Crippen molar-refractivity contribution in [1.29, 1.82) is 0 Å². The van der Waals surface area contributed by atoms with Gasteiger partial charge in [-0.25, -0.2) is 4.99 Å². The van der Waals surface area contributed by atoms with Crippen LogP contribution in [0.4, 0.5) is 0 Å².